The van der Waals surface area contributed by atoms with Gasteiger partial charge in [0.2, 0.25) is 0 Å². The maximum atomic E-state index is 5.52. The Labute approximate surface area is 105 Å². The van der Waals surface area contributed by atoms with Crippen LogP contribution in [0.2, 0.25) is 0 Å². The number of benzene rings is 1. The van der Waals surface area contributed by atoms with Crippen LogP contribution < -0.4 is 0 Å². The van der Waals surface area contributed by atoms with Crippen molar-refractivity contribution in [3.63, 3.8) is 0 Å². The monoisotopic (exact) mass is 288 g/mol. The van der Waals surface area contributed by atoms with E-state index in [-0.39, 0.29) is 6.10 Å². The number of rotatable bonds is 7. The van der Waals surface area contributed by atoms with Gasteiger partial charge >= 0.3 is 0 Å². The van der Waals surface area contributed by atoms with E-state index in [2.05, 4.69) is 15.9 Å². The molecule has 0 bridgehead atoms. The van der Waals surface area contributed by atoms with Crippen molar-refractivity contribution in [2.24, 2.45) is 0 Å². The van der Waals surface area contributed by atoms with Gasteiger partial charge in [0.25, 0.3) is 0 Å². The molecule has 0 aliphatic rings. The number of ether oxygens (including phenoxy) is 3. The molecule has 0 heterocycles. The van der Waals surface area contributed by atoms with Gasteiger partial charge in [-0.1, -0.05) is 28.1 Å². The van der Waals surface area contributed by atoms with E-state index in [1.165, 1.54) is 0 Å². The summed E-state index contributed by atoms with van der Waals surface area (Å²) in [5, 5.41) is 0. The fourth-order valence-corrected chi connectivity index (χ4v) is 1.45. The van der Waals surface area contributed by atoms with Crippen molar-refractivity contribution in [3.05, 3.63) is 34.3 Å². The van der Waals surface area contributed by atoms with Gasteiger partial charge in [-0.05, 0) is 24.6 Å². The Bertz CT molecular complexity index is 287. The molecule has 0 aliphatic carbocycles. The lowest BCUT2D eigenvalue weighted by Crippen LogP contribution is -2.08. The number of hydrogen-bond donors (Lipinski definition) is 0. The fourth-order valence-electron chi connectivity index (χ4n) is 1.18. The predicted molar refractivity (Wildman–Crippen MR) is 66.3 cm³/mol. The highest BCUT2D eigenvalue weighted by atomic mass is 79.9. The summed E-state index contributed by atoms with van der Waals surface area (Å²) in [7, 11) is 1.65. The summed E-state index contributed by atoms with van der Waals surface area (Å²) in [6.45, 7) is 3.45. The normalized spacial score (nSPS) is 12.7. The summed E-state index contributed by atoms with van der Waals surface area (Å²) >= 11 is 3.40. The van der Waals surface area contributed by atoms with E-state index < -0.39 is 0 Å². The Morgan fingerprint density at radius 1 is 1.19 bits per heavy atom. The third-order valence-corrected chi connectivity index (χ3v) is 2.70. The van der Waals surface area contributed by atoms with Crippen molar-refractivity contribution in [1.82, 2.24) is 0 Å². The van der Waals surface area contributed by atoms with Crippen molar-refractivity contribution in [2.45, 2.75) is 13.0 Å². The molecule has 1 aromatic carbocycles. The van der Waals surface area contributed by atoms with Crippen LogP contribution in [-0.4, -0.2) is 27.1 Å². The minimum atomic E-state index is 0.0376. The van der Waals surface area contributed by atoms with Crippen LogP contribution in [0.5, 0.6) is 0 Å². The SMILES string of the molecule is COCCOCOC(C)c1ccc(Br)cc1. The summed E-state index contributed by atoms with van der Waals surface area (Å²) in [5.41, 5.74) is 1.14. The van der Waals surface area contributed by atoms with E-state index in [1.807, 2.05) is 31.2 Å². The van der Waals surface area contributed by atoms with Gasteiger partial charge in [0, 0.05) is 11.6 Å². The van der Waals surface area contributed by atoms with E-state index >= 15 is 0 Å². The average Bonchev–Trinajstić information content (AvgIpc) is 2.29. The molecule has 0 saturated carbocycles. The molecule has 3 nitrogen and oxygen atoms in total. The summed E-state index contributed by atoms with van der Waals surface area (Å²) in [6, 6.07) is 8.07. The van der Waals surface area contributed by atoms with Gasteiger partial charge in [-0.25, -0.2) is 0 Å². The third-order valence-electron chi connectivity index (χ3n) is 2.17. The van der Waals surface area contributed by atoms with E-state index in [0.717, 1.165) is 10.0 Å². The second kappa shape index (κ2) is 7.79. The third kappa shape index (κ3) is 5.07. The Morgan fingerprint density at radius 3 is 2.50 bits per heavy atom. The molecule has 1 unspecified atom stereocenters. The van der Waals surface area contributed by atoms with Crippen LogP contribution in [0.4, 0.5) is 0 Å². The first kappa shape index (κ1) is 13.6. The largest absolute Gasteiger partial charge is 0.382 e. The Morgan fingerprint density at radius 2 is 1.88 bits per heavy atom. The van der Waals surface area contributed by atoms with Crippen LogP contribution in [0, 0.1) is 0 Å². The molecule has 0 saturated heterocycles. The lowest BCUT2D eigenvalue weighted by atomic mass is 10.1. The first-order valence-electron chi connectivity index (χ1n) is 5.18. The average molecular weight is 289 g/mol. The standard InChI is InChI=1S/C12H17BrO3/c1-10(16-9-15-8-7-14-2)11-3-5-12(13)6-4-11/h3-6,10H,7-9H2,1-2H3. The second-order valence-corrected chi connectivity index (χ2v) is 4.30. The molecule has 0 amide bonds. The smallest absolute Gasteiger partial charge is 0.147 e. The van der Waals surface area contributed by atoms with Crippen LogP contribution in [-0.2, 0) is 14.2 Å². The number of halogens is 1. The van der Waals surface area contributed by atoms with Gasteiger partial charge in [0.15, 0.2) is 0 Å². The van der Waals surface area contributed by atoms with Gasteiger partial charge in [0.1, 0.15) is 6.79 Å². The molecule has 1 rings (SSSR count). The molecule has 0 N–H and O–H groups in total. The Kier molecular flexibility index (Phi) is 6.64. The molecule has 0 spiro atoms. The Hall–Kier alpha value is -0.420. The van der Waals surface area contributed by atoms with Gasteiger partial charge in [-0.2, -0.15) is 0 Å². The molecule has 1 atom stereocenters. The summed E-state index contributed by atoms with van der Waals surface area (Å²) in [5.74, 6) is 0. The highest BCUT2D eigenvalue weighted by Crippen LogP contribution is 2.19. The van der Waals surface area contributed by atoms with Crippen molar-refractivity contribution < 1.29 is 14.2 Å². The van der Waals surface area contributed by atoms with Crippen LogP contribution in [0.3, 0.4) is 0 Å². The van der Waals surface area contributed by atoms with Gasteiger partial charge in [-0.3, -0.25) is 0 Å². The van der Waals surface area contributed by atoms with E-state index in [1.54, 1.807) is 7.11 Å². The Balaban J connectivity index is 2.24. The molecule has 1 aromatic rings. The van der Waals surface area contributed by atoms with Crippen molar-refractivity contribution in [2.75, 3.05) is 27.1 Å². The van der Waals surface area contributed by atoms with Crippen LogP contribution in [0.1, 0.15) is 18.6 Å². The molecule has 0 radical (unpaired) electrons. The zero-order valence-electron chi connectivity index (χ0n) is 9.61. The predicted octanol–water partition coefficient (Wildman–Crippen LogP) is 3.15. The molecule has 90 valence electrons. The molecule has 0 aliphatic heterocycles. The highest BCUT2D eigenvalue weighted by Gasteiger charge is 2.04. The van der Waals surface area contributed by atoms with E-state index in [9.17, 15) is 0 Å². The van der Waals surface area contributed by atoms with Gasteiger partial charge in [-0.15, -0.1) is 0 Å². The lowest BCUT2D eigenvalue weighted by Gasteiger charge is -2.13. The summed E-state index contributed by atoms with van der Waals surface area (Å²) in [4.78, 5) is 0. The minimum absolute atomic E-state index is 0.0376. The van der Waals surface area contributed by atoms with Crippen molar-refractivity contribution in [3.8, 4) is 0 Å². The minimum Gasteiger partial charge on any atom is -0.382 e. The van der Waals surface area contributed by atoms with Crippen LogP contribution in [0.15, 0.2) is 28.7 Å². The van der Waals surface area contributed by atoms with Crippen LogP contribution in [0.25, 0.3) is 0 Å². The van der Waals surface area contributed by atoms with Gasteiger partial charge < -0.3 is 14.2 Å². The molecular formula is C12H17BrO3. The molecule has 0 aromatic heterocycles. The molecular weight excluding hydrogens is 272 g/mol. The van der Waals surface area contributed by atoms with E-state index in [0.29, 0.717) is 20.0 Å². The number of methoxy groups -OCH3 is 1. The van der Waals surface area contributed by atoms with Crippen molar-refractivity contribution in [1.29, 1.82) is 0 Å². The second-order valence-electron chi connectivity index (χ2n) is 3.38. The lowest BCUT2D eigenvalue weighted by molar-refractivity contribution is -0.0938. The topological polar surface area (TPSA) is 27.7 Å². The van der Waals surface area contributed by atoms with E-state index in [4.69, 9.17) is 14.2 Å². The van der Waals surface area contributed by atoms with Crippen molar-refractivity contribution >= 4 is 15.9 Å². The molecule has 16 heavy (non-hydrogen) atoms. The molecule has 4 heteroatoms. The zero-order valence-corrected chi connectivity index (χ0v) is 11.2. The zero-order chi connectivity index (χ0) is 11.8. The first-order chi connectivity index (χ1) is 7.74. The van der Waals surface area contributed by atoms with Gasteiger partial charge in [0.05, 0.1) is 19.3 Å². The fraction of sp³-hybridized carbons (Fsp3) is 0.500. The summed E-state index contributed by atoms with van der Waals surface area (Å²) < 4.78 is 16.7. The van der Waals surface area contributed by atoms with Crippen LogP contribution >= 0.6 is 15.9 Å². The maximum Gasteiger partial charge on any atom is 0.147 e. The first-order valence-corrected chi connectivity index (χ1v) is 5.97. The quantitative estimate of drug-likeness (QED) is 0.570. The highest BCUT2D eigenvalue weighted by molar-refractivity contribution is 9.10. The maximum absolute atomic E-state index is 5.52. The number of hydrogen-bond acceptors (Lipinski definition) is 3. The molecule has 0 fully saturated rings. The summed E-state index contributed by atoms with van der Waals surface area (Å²) in [6.07, 6.45) is 0.0376.